The third-order valence-electron chi connectivity index (χ3n) is 7.18. The summed E-state index contributed by atoms with van der Waals surface area (Å²) in [5, 5.41) is 9.49. The SMILES string of the molecule is CCCCCCCCCCCCCCCC(CC[N+](C)(C)CC(C)C)[Si](OCC)(OCC)OCCO.[Cl-]. The van der Waals surface area contributed by atoms with Gasteiger partial charge in [-0.3, -0.25) is 0 Å². The number of hydrogen-bond donors (Lipinski definition) is 1. The van der Waals surface area contributed by atoms with Crippen molar-refractivity contribution in [2.24, 2.45) is 5.92 Å². The molecule has 226 valence electrons. The largest absolute Gasteiger partial charge is 1.00 e. The fourth-order valence-electron chi connectivity index (χ4n) is 5.56. The van der Waals surface area contributed by atoms with Gasteiger partial charge < -0.3 is 35.3 Å². The molecular weight excluding hydrogens is 502 g/mol. The lowest BCUT2D eigenvalue weighted by Crippen LogP contribution is -3.00. The molecule has 0 aromatic heterocycles. The molecule has 0 amide bonds. The molecule has 0 saturated heterocycles. The van der Waals surface area contributed by atoms with Crippen LogP contribution in [-0.2, 0) is 13.3 Å². The quantitative estimate of drug-likeness (QED) is 0.0863. The molecule has 0 saturated carbocycles. The Labute approximate surface area is 239 Å². The predicted molar refractivity (Wildman–Crippen MR) is 157 cm³/mol. The normalized spacial score (nSPS) is 13.2. The average molecular weight is 568 g/mol. The minimum absolute atomic E-state index is 0. The number of nitrogens with zero attached hydrogens (tertiary/aromatic N) is 1. The summed E-state index contributed by atoms with van der Waals surface area (Å²) in [6, 6.07) is 0. The van der Waals surface area contributed by atoms with E-state index in [9.17, 15) is 5.11 Å². The van der Waals surface area contributed by atoms with Crippen molar-refractivity contribution in [3.63, 3.8) is 0 Å². The molecule has 1 N–H and O–H groups in total. The van der Waals surface area contributed by atoms with Gasteiger partial charge >= 0.3 is 8.80 Å². The molecule has 0 rings (SSSR count). The van der Waals surface area contributed by atoms with Crippen LogP contribution in [0.15, 0.2) is 0 Å². The maximum absolute atomic E-state index is 9.49. The van der Waals surface area contributed by atoms with Crippen LogP contribution in [0.3, 0.4) is 0 Å². The van der Waals surface area contributed by atoms with Gasteiger partial charge in [0.1, 0.15) is 0 Å². The first-order chi connectivity index (χ1) is 17.3. The van der Waals surface area contributed by atoms with Crippen LogP contribution >= 0.6 is 0 Å². The Hall–Kier alpha value is 0.307. The molecular formula is C30H66ClNO4Si. The number of rotatable bonds is 27. The summed E-state index contributed by atoms with van der Waals surface area (Å²) < 4.78 is 19.9. The molecule has 0 radical (unpaired) electrons. The Morgan fingerprint density at radius 2 is 1.14 bits per heavy atom. The second-order valence-electron chi connectivity index (χ2n) is 11.8. The molecule has 0 aromatic carbocycles. The lowest BCUT2D eigenvalue weighted by molar-refractivity contribution is -0.893. The zero-order valence-electron chi connectivity index (χ0n) is 26.0. The van der Waals surface area contributed by atoms with E-state index in [2.05, 4.69) is 34.9 Å². The van der Waals surface area contributed by atoms with Crippen molar-refractivity contribution in [1.29, 1.82) is 0 Å². The molecule has 0 heterocycles. The van der Waals surface area contributed by atoms with Crippen molar-refractivity contribution in [2.75, 3.05) is 53.6 Å². The van der Waals surface area contributed by atoms with Crippen LogP contribution in [0.25, 0.3) is 0 Å². The van der Waals surface area contributed by atoms with Gasteiger partial charge in [-0.25, -0.2) is 0 Å². The van der Waals surface area contributed by atoms with Crippen molar-refractivity contribution < 1.29 is 35.3 Å². The summed E-state index contributed by atoms with van der Waals surface area (Å²) in [6.45, 7) is 14.7. The van der Waals surface area contributed by atoms with Crippen molar-refractivity contribution in [2.45, 2.75) is 136 Å². The molecule has 0 bridgehead atoms. The molecule has 1 unspecified atom stereocenters. The molecule has 37 heavy (non-hydrogen) atoms. The summed E-state index contributed by atoms with van der Waals surface area (Å²) >= 11 is 0. The first-order valence-electron chi connectivity index (χ1n) is 15.6. The molecule has 0 aliphatic carbocycles. The van der Waals surface area contributed by atoms with Crippen molar-refractivity contribution in [1.82, 2.24) is 0 Å². The summed E-state index contributed by atoms with van der Waals surface area (Å²) in [5.41, 5.74) is 0.293. The predicted octanol–water partition coefficient (Wildman–Crippen LogP) is 4.99. The van der Waals surface area contributed by atoms with Gasteiger partial charge in [0.25, 0.3) is 0 Å². The van der Waals surface area contributed by atoms with E-state index < -0.39 is 8.80 Å². The number of quaternary nitrogens is 1. The van der Waals surface area contributed by atoms with E-state index in [0.717, 1.165) is 23.9 Å². The highest BCUT2D eigenvalue weighted by Crippen LogP contribution is 2.35. The summed E-state index contributed by atoms with van der Waals surface area (Å²) in [7, 11) is 1.81. The standard InChI is InChI=1S/C30H66NO4Si.ClH/c1-8-11-12-13-14-15-16-17-18-19-20-21-22-23-30(24-25-31(6,7)28-29(4)5)36(33-9-2,34-10-3)35-27-26-32;/h29-30,32H,8-28H2,1-7H3;1H/q+1;/p-1. The van der Waals surface area contributed by atoms with Gasteiger partial charge in [0.2, 0.25) is 0 Å². The van der Waals surface area contributed by atoms with Gasteiger partial charge in [0, 0.05) is 31.1 Å². The van der Waals surface area contributed by atoms with Crippen LogP contribution in [-0.4, -0.2) is 72.0 Å². The zero-order valence-corrected chi connectivity index (χ0v) is 27.8. The van der Waals surface area contributed by atoms with Gasteiger partial charge in [-0.2, -0.15) is 0 Å². The Morgan fingerprint density at radius 1 is 0.676 bits per heavy atom. The summed E-state index contributed by atoms with van der Waals surface area (Å²) in [5.74, 6) is 0.672. The lowest BCUT2D eigenvalue weighted by Gasteiger charge is -2.38. The van der Waals surface area contributed by atoms with Crippen LogP contribution in [0.2, 0.25) is 5.54 Å². The van der Waals surface area contributed by atoms with E-state index >= 15 is 0 Å². The summed E-state index contributed by atoms with van der Waals surface area (Å²) in [4.78, 5) is 0. The molecule has 0 spiro atoms. The van der Waals surface area contributed by atoms with Crippen LogP contribution < -0.4 is 12.4 Å². The fourth-order valence-corrected chi connectivity index (χ4v) is 8.74. The van der Waals surface area contributed by atoms with E-state index in [-0.39, 0.29) is 19.0 Å². The van der Waals surface area contributed by atoms with Gasteiger partial charge in [0.05, 0.1) is 40.4 Å². The maximum Gasteiger partial charge on any atom is 0.504 e. The monoisotopic (exact) mass is 567 g/mol. The number of hydrogen-bond acceptors (Lipinski definition) is 4. The molecule has 5 nitrogen and oxygen atoms in total. The highest BCUT2D eigenvalue weighted by Gasteiger charge is 2.49. The van der Waals surface area contributed by atoms with Crippen LogP contribution in [0.5, 0.6) is 0 Å². The second-order valence-corrected chi connectivity index (χ2v) is 14.7. The van der Waals surface area contributed by atoms with Gasteiger partial charge in [0.15, 0.2) is 0 Å². The first-order valence-corrected chi connectivity index (χ1v) is 17.4. The van der Waals surface area contributed by atoms with E-state index in [1.165, 1.54) is 90.0 Å². The number of aliphatic hydroxyl groups excluding tert-OH is 1. The highest BCUT2D eigenvalue weighted by molar-refractivity contribution is 6.62. The Morgan fingerprint density at radius 3 is 1.54 bits per heavy atom. The smallest absolute Gasteiger partial charge is 0.504 e. The molecule has 1 atom stereocenters. The van der Waals surface area contributed by atoms with E-state index in [0.29, 0.717) is 31.3 Å². The van der Waals surface area contributed by atoms with Gasteiger partial charge in [-0.05, 0) is 20.3 Å². The first kappa shape index (κ1) is 39.5. The van der Waals surface area contributed by atoms with Crippen molar-refractivity contribution >= 4 is 8.80 Å². The minimum Gasteiger partial charge on any atom is -1.00 e. The maximum atomic E-state index is 9.49. The Balaban J connectivity index is 0. The zero-order chi connectivity index (χ0) is 27.1. The van der Waals surface area contributed by atoms with Gasteiger partial charge in [-0.15, -0.1) is 0 Å². The minimum atomic E-state index is -2.86. The van der Waals surface area contributed by atoms with E-state index in [1.54, 1.807) is 0 Å². The van der Waals surface area contributed by atoms with Crippen molar-refractivity contribution in [3.05, 3.63) is 0 Å². The topological polar surface area (TPSA) is 47.9 Å². The molecule has 0 aliphatic heterocycles. The fraction of sp³-hybridized carbons (Fsp3) is 1.00. The lowest BCUT2D eigenvalue weighted by atomic mass is 10.0. The number of halogens is 1. The second kappa shape index (κ2) is 25.3. The average Bonchev–Trinajstić information content (AvgIpc) is 2.81. The van der Waals surface area contributed by atoms with Crippen molar-refractivity contribution in [3.8, 4) is 0 Å². The van der Waals surface area contributed by atoms with Crippen LogP contribution in [0.4, 0.5) is 0 Å². The van der Waals surface area contributed by atoms with E-state index in [1.807, 2.05) is 13.8 Å². The Kier molecular flexibility index (Phi) is 27.0. The number of aliphatic hydroxyl groups is 1. The third-order valence-corrected chi connectivity index (χ3v) is 10.7. The molecule has 0 aliphatic rings. The molecule has 0 aromatic rings. The highest BCUT2D eigenvalue weighted by atomic mass is 35.5. The molecule has 0 fully saturated rings. The Bertz CT molecular complexity index is 476. The van der Waals surface area contributed by atoms with Crippen LogP contribution in [0.1, 0.15) is 131 Å². The summed E-state index contributed by atoms with van der Waals surface area (Å²) in [6.07, 6.45) is 20.0. The number of unbranched alkanes of at least 4 members (excludes halogenated alkanes) is 12. The molecule has 7 heteroatoms. The third kappa shape index (κ3) is 20.8. The van der Waals surface area contributed by atoms with E-state index in [4.69, 9.17) is 13.3 Å². The van der Waals surface area contributed by atoms with Gasteiger partial charge in [-0.1, -0.05) is 104 Å². The van der Waals surface area contributed by atoms with Crippen LogP contribution in [0, 0.1) is 5.92 Å².